The predicted molar refractivity (Wildman–Crippen MR) is 94.6 cm³/mol. The van der Waals surface area contributed by atoms with Crippen molar-refractivity contribution in [2.45, 2.75) is 0 Å². The lowest BCUT2D eigenvalue weighted by molar-refractivity contribution is -0.384. The van der Waals surface area contributed by atoms with E-state index >= 15 is 0 Å². The summed E-state index contributed by atoms with van der Waals surface area (Å²) in [4.78, 5) is 34.9. The number of non-ortho nitro benzene ring substituents is 1. The van der Waals surface area contributed by atoms with Gasteiger partial charge in [0.1, 0.15) is 11.5 Å². The molecule has 0 saturated carbocycles. The molecule has 0 aliphatic rings. The average molecular weight is 367 g/mol. The van der Waals surface area contributed by atoms with Crippen LogP contribution in [0.3, 0.4) is 0 Å². The fourth-order valence-electron chi connectivity index (χ4n) is 2.13. The maximum atomic E-state index is 12.6. The number of hydrogen-bond acceptors (Lipinski definition) is 6. The second-order valence-corrected chi connectivity index (χ2v) is 5.26. The number of nitrogens with zero attached hydrogens (tertiary/aromatic N) is 1. The number of nitro groups is 1. The molecule has 0 aliphatic carbocycles. The molecule has 3 aromatic rings. The molecule has 2 N–H and O–H groups in total. The van der Waals surface area contributed by atoms with Crippen LogP contribution >= 0.6 is 0 Å². The van der Waals surface area contributed by atoms with E-state index in [-0.39, 0.29) is 17.1 Å². The molecule has 9 heteroatoms. The van der Waals surface area contributed by atoms with Gasteiger partial charge < -0.3 is 19.5 Å². The molecule has 0 unspecified atom stereocenters. The maximum Gasteiger partial charge on any atom is 0.291 e. The predicted octanol–water partition coefficient (Wildman–Crippen LogP) is 3.19. The third kappa shape index (κ3) is 4.48. The minimum Gasteiger partial charge on any atom is -0.465 e. The lowest BCUT2D eigenvalue weighted by atomic mass is 10.2. The SMILES string of the molecule is O=C(Nc1ccc([N+](=O)[O-])cc1)C(=Cc1ccco1)NC(=O)c1ccco1. The number of carbonyl (C=O) groups excluding carboxylic acids is 2. The molecule has 2 amide bonds. The first-order chi connectivity index (χ1) is 13.0. The van der Waals surface area contributed by atoms with Gasteiger partial charge in [-0.05, 0) is 36.4 Å². The molecule has 0 saturated heterocycles. The summed E-state index contributed by atoms with van der Waals surface area (Å²) in [7, 11) is 0. The molecule has 2 heterocycles. The number of hydrogen-bond donors (Lipinski definition) is 2. The molecule has 0 radical (unpaired) electrons. The van der Waals surface area contributed by atoms with E-state index in [2.05, 4.69) is 10.6 Å². The van der Waals surface area contributed by atoms with Gasteiger partial charge in [-0.3, -0.25) is 19.7 Å². The number of nitrogens with one attached hydrogen (secondary N) is 2. The Morgan fingerprint density at radius 2 is 1.70 bits per heavy atom. The number of anilines is 1. The fourth-order valence-corrected chi connectivity index (χ4v) is 2.13. The van der Waals surface area contributed by atoms with Gasteiger partial charge in [0.25, 0.3) is 17.5 Å². The normalized spacial score (nSPS) is 11.0. The van der Waals surface area contributed by atoms with Crippen LogP contribution in [0.15, 0.2) is 75.6 Å². The highest BCUT2D eigenvalue weighted by atomic mass is 16.6. The summed E-state index contributed by atoms with van der Waals surface area (Å²) in [5.74, 6) is -0.871. The number of carbonyl (C=O) groups is 2. The van der Waals surface area contributed by atoms with Gasteiger partial charge in [-0.2, -0.15) is 0 Å². The van der Waals surface area contributed by atoms with Crippen molar-refractivity contribution < 1.29 is 23.3 Å². The van der Waals surface area contributed by atoms with E-state index < -0.39 is 16.7 Å². The first-order valence-corrected chi connectivity index (χ1v) is 7.69. The lowest BCUT2D eigenvalue weighted by Crippen LogP contribution is -2.30. The number of nitro benzene ring substituents is 1. The molecule has 27 heavy (non-hydrogen) atoms. The maximum absolute atomic E-state index is 12.6. The van der Waals surface area contributed by atoms with E-state index in [4.69, 9.17) is 8.83 Å². The highest BCUT2D eigenvalue weighted by Gasteiger charge is 2.17. The molecule has 0 aliphatic heterocycles. The molecule has 136 valence electrons. The lowest BCUT2D eigenvalue weighted by Gasteiger charge is -2.09. The zero-order valence-corrected chi connectivity index (χ0v) is 13.7. The van der Waals surface area contributed by atoms with Crippen LogP contribution in [0.25, 0.3) is 6.08 Å². The van der Waals surface area contributed by atoms with Crippen LogP contribution in [0.5, 0.6) is 0 Å². The Hall–Kier alpha value is -4.14. The van der Waals surface area contributed by atoms with Crippen molar-refractivity contribution >= 4 is 29.3 Å². The number of benzene rings is 1. The van der Waals surface area contributed by atoms with Crippen molar-refractivity contribution in [3.63, 3.8) is 0 Å². The Balaban J connectivity index is 1.80. The van der Waals surface area contributed by atoms with Crippen molar-refractivity contribution in [3.05, 3.63) is 88.4 Å². The van der Waals surface area contributed by atoms with Crippen molar-refractivity contribution in [2.24, 2.45) is 0 Å². The van der Waals surface area contributed by atoms with Gasteiger partial charge in [0.15, 0.2) is 5.76 Å². The summed E-state index contributed by atoms with van der Waals surface area (Å²) in [6.07, 6.45) is 4.11. The molecular formula is C18H13N3O6. The fraction of sp³-hybridized carbons (Fsp3) is 0. The van der Waals surface area contributed by atoms with E-state index in [9.17, 15) is 19.7 Å². The first kappa shape index (κ1) is 17.7. The van der Waals surface area contributed by atoms with Crippen LogP contribution in [-0.4, -0.2) is 16.7 Å². The standard InChI is InChI=1S/C18H13N3O6/c22-17(19-12-5-7-13(8-6-12)21(24)25)15(11-14-3-1-9-26-14)20-18(23)16-4-2-10-27-16/h1-11H,(H,19,22)(H,20,23). The zero-order chi connectivity index (χ0) is 19.2. The Morgan fingerprint density at radius 1 is 1.00 bits per heavy atom. The Kier molecular flexibility index (Phi) is 5.12. The van der Waals surface area contributed by atoms with E-state index in [1.54, 1.807) is 18.2 Å². The second kappa shape index (κ2) is 7.83. The quantitative estimate of drug-likeness (QED) is 0.391. The Labute approximate surface area is 152 Å². The summed E-state index contributed by atoms with van der Waals surface area (Å²) in [5.41, 5.74) is 0.123. The van der Waals surface area contributed by atoms with Gasteiger partial charge in [0.2, 0.25) is 0 Å². The minimum atomic E-state index is -0.639. The smallest absolute Gasteiger partial charge is 0.291 e. The molecule has 9 nitrogen and oxygen atoms in total. The second-order valence-electron chi connectivity index (χ2n) is 5.26. The largest absolute Gasteiger partial charge is 0.465 e. The van der Waals surface area contributed by atoms with Crippen molar-refractivity contribution in [3.8, 4) is 0 Å². The van der Waals surface area contributed by atoms with Crippen LogP contribution in [0.2, 0.25) is 0 Å². The van der Waals surface area contributed by atoms with E-state index in [0.717, 1.165) is 0 Å². The topological polar surface area (TPSA) is 128 Å². The van der Waals surface area contributed by atoms with Gasteiger partial charge in [-0.15, -0.1) is 0 Å². The molecule has 0 bridgehead atoms. The van der Waals surface area contributed by atoms with Crippen LogP contribution in [0, 0.1) is 10.1 Å². The number of furan rings is 2. The van der Waals surface area contributed by atoms with Gasteiger partial charge in [-0.25, -0.2) is 0 Å². The molecule has 2 aromatic heterocycles. The van der Waals surface area contributed by atoms with Crippen LogP contribution in [0.1, 0.15) is 16.3 Å². The van der Waals surface area contributed by atoms with Gasteiger partial charge in [0.05, 0.1) is 17.4 Å². The summed E-state index contributed by atoms with van der Waals surface area (Å²) >= 11 is 0. The van der Waals surface area contributed by atoms with Crippen LogP contribution in [-0.2, 0) is 4.79 Å². The van der Waals surface area contributed by atoms with Gasteiger partial charge >= 0.3 is 0 Å². The monoisotopic (exact) mass is 367 g/mol. The number of amides is 2. The van der Waals surface area contributed by atoms with Crippen molar-refractivity contribution in [1.82, 2.24) is 5.32 Å². The highest BCUT2D eigenvalue weighted by molar-refractivity contribution is 6.10. The van der Waals surface area contributed by atoms with Gasteiger partial charge in [-0.1, -0.05) is 0 Å². The summed E-state index contributed by atoms with van der Waals surface area (Å²) in [5, 5.41) is 15.7. The molecular weight excluding hydrogens is 354 g/mol. The molecule has 0 fully saturated rings. The molecule has 0 atom stereocenters. The van der Waals surface area contributed by atoms with E-state index in [1.165, 1.54) is 48.9 Å². The molecule has 0 spiro atoms. The summed E-state index contributed by atoms with van der Waals surface area (Å²) in [6.45, 7) is 0. The molecule has 1 aromatic carbocycles. The highest BCUT2D eigenvalue weighted by Crippen LogP contribution is 2.16. The third-order valence-electron chi connectivity index (χ3n) is 3.40. The zero-order valence-electron chi connectivity index (χ0n) is 13.7. The third-order valence-corrected chi connectivity index (χ3v) is 3.40. The van der Waals surface area contributed by atoms with E-state index in [1.807, 2.05) is 0 Å². The first-order valence-electron chi connectivity index (χ1n) is 7.69. The van der Waals surface area contributed by atoms with Crippen LogP contribution in [0.4, 0.5) is 11.4 Å². The van der Waals surface area contributed by atoms with E-state index in [0.29, 0.717) is 11.4 Å². The Morgan fingerprint density at radius 3 is 2.30 bits per heavy atom. The number of rotatable bonds is 6. The summed E-state index contributed by atoms with van der Waals surface area (Å²) in [6, 6.07) is 11.5. The molecule has 3 rings (SSSR count). The average Bonchev–Trinajstić information content (AvgIpc) is 3.35. The van der Waals surface area contributed by atoms with Gasteiger partial charge in [0, 0.05) is 23.9 Å². The minimum absolute atomic E-state index is 0.0310. The van der Waals surface area contributed by atoms with Crippen LogP contribution < -0.4 is 10.6 Å². The summed E-state index contributed by atoms with van der Waals surface area (Å²) < 4.78 is 10.2. The van der Waals surface area contributed by atoms with Crippen molar-refractivity contribution in [1.29, 1.82) is 0 Å². The Bertz CT molecular complexity index is 973. The van der Waals surface area contributed by atoms with Crippen molar-refractivity contribution in [2.75, 3.05) is 5.32 Å².